The van der Waals surface area contributed by atoms with Gasteiger partial charge in [0.15, 0.2) is 17.7 Å². The Morgan fingerprint density at radius 2 is 1.95 bits per heavy atom. The molecule has 4 aromatic rings. The van der Waals surface area contributed by atoms with Crippen LogP contribution in [0.4, 0.5) is 10.2 Å². The van der Waals surface area contributed by atoms with Crippen LogP contribution in [0.5, 0.6) is 0 Å². The number of rotatable bonds is 9. The van der Waals surface area contributed by atoms with Gasteiger partial charge in [0.1, 0.15) is 11.7 Å². The van der Waals surface area contributed by atoms with Gasteiger partial charge in [-0.15, -0.1) is 10.2 Å². The molecule has 1 aliphatic rings. The predicted octanol–water partition coefficient (Wildman–Crippen LogP) is 2.21. The average molecular weight is 562 g/mol. The third-order valence-electron chi connectivity index (χ3n) is 6.21. The van der Waals surface area contributed by atoms with Crippen molar-refractivity contribution in [2.45, 2.75) is 43.9 Å². The Labute approximate surface area is 223 Å². The van der Waals surface area contributed by atoms with Crippen molar-refractivity contribution in [1.29, 1.82) is 0 Å². The number of imidazole rings is 1. The molecule has 0 bridgehead atoms. The number of hydrogen-bond donors (Lipinski definition) is 3. The minimum absolute atomic E-state index is 0.00461. The van der Waals surface area contributed by atoms with Crippen LogP contribution in [0, 0.1) is 6.92 Å². The second-order valence-corrected chi connectivity index (χ2v) is 9.19. The third kappa shape index (κ3) is 4.98. The van der Waals surface area contributed by atoms with E-state index in [1.165, 1.54) is 23.0 Å². The van der Waals surface area contributed by atoms with Gasteiger partial charge in [0.2, 0.25) is 17.1 Å². The summed E-state index contributed by atoms with van der Waals surface area (Å²) in [5.74, 6) is -2.81. The van der Waals surface area contributed by atoms with E-state index in [1.807, 2.05) is 0 Å². The van der Waals surface area contributed by atoms with Crippen LogP contribution in [0.1, 0.15) is 24.1 Å². The summed E-state index contributed by atoms with van der Waals surface area (Å²) < 4.78 is 32.9. The molecule has 3 atom stereocenters. The van der Waals surface area contributed by atoms with Crippen molar-refractivity contribution in [1.82, 2.24) is 29.7 Å². The van der Waals surface area contributed by atoms with Crippen molar-refractivity contribution in [2.24, 2.45) is 0 Å². The molecule has 14 nitrogen and oxygen atoms in total. The number of aryl methyl sites for hydroxylation is 1. The quantitative estimate of drug-likeness (QED) is 0.198. The molecule has 0 saturated carbocycles. The second kappa shape index (κ2) is 10.2. The standard InChI is InChI=1S/C23H21ClFN7O7/c1-10-30-31-18(38-10)12-4-2-11(3-5-12)7-23(20(33)34,21(35)36)37-8-13-6-14(25)19(39-13)32-9-27-15-16(26)28-22(24)29-17(15)32/h2-5,9,13-14,19H,6-8H2,1H3,(H,33,34)(H,35,36)(H2,26,28,29). The number of hydrogen-bond acceptors (Lipinski definition) is 11. The van der Waals surface area contributed by atoms with E-state index in [0.29, 0.717) is 17.0 Å². The molecule has 39 heavy (non-hydrogen) atoms. The summed E-state index contributed by atoms with van der Waals surface area (Å²) in [5.41, 5.74) is 4.40. The van der Waals surface area contributed by atoms with Gasteiger partial charge in [-0.05, 0) is 29.3 Å². The summed E-state index contributed by atoms with van der Waals surface area (Å²) in [7, 11) is 0. The molecule has 4 heterocycles. The molecule has 3 unspecified atom stereocenters. The molecule has 1 fully saturated rings. The highest BCUT2D eigenvalue weighted by Gasteiger charge is 2.50. The number of alkyl halides is 1. The van der Waals surface area contributed by atoms with Crippen LogP contribution in [-0.2, 0) is 25.5 Å². The van der Waals surface area contributed by atoms with Crippen LogP contribution in [0.3, 0.4) is 0 Å². The van der Waals surface area contributed by atoms with Crippen molar-refractivity contribution in [2.75, 3.05) is 12.3 Å². The van der Waals surface area contributed by atoms with E-state index in [9.17, 15) is 19.8 Å². The number of halogens is 2. The van der Waals surface area contributed by atoms with Crippen LogP contribution in [0.25, 0.3) is 22.6 Å². The number of nitrogens with zero attached hydrogens (tertiary/aromatic N) is 6. The molecule has 0 amide bonds. The van der Waals surface area contributed by atoms with Crippen LogP contribution < -0.4 is 5.73 Å². The van der Waals surface area contributed by atoms with Gasteiger partial charge in [0.25, 0.3) is 5.60 Å². The van der Waals surface area contributed by atoms with E-state index < -0.39 is 49.1 Å². The molecule has 1 saturated heterocycles. The highest BCUT2D eigenvalue weighted by molar-refractivity contribution is 6.28. The topological polar surface area (TPSA) is 202 Å². The zero-order valence-corrected chi connectivity index (χ0v) is 20.9. The Balaban J connectivity index is 1.32. The largest absolute Gasteiger partial charge is 0.479 e. The molecule has 5 rings (SSSR count). The molecular weight excluding hydrogens is 541 g/mol. The van der Waals surface area contributed by atoms with Crippen LogP contribution in [0.2, 0.25) is 5.28 Å². The van der Waals surface area contributed by atoms with Crippen LogP contribution in [-0.4, -0.2) is 76.4 Å². The van der Waals surface area contributed by atoms with Gasteiger partial charge in [-0.3, -0.25) is 4.57 Å². The molecule has 16 heteroatoms. The van der Waals surface area contributed by atoms with Crippen molar-refractivity contribution in [3.05, 3.63) is 47.3 Å². The summed E-state index contributed by atoms with van der Waals surface area (Å²) in [4.78, 5) is 36.3. The molecule has 1 aromatic carbocycles. The van der Waals surface area contributed by atoms with Gasteiger partial charge < -0.3 is 29.8 Å². The minimum atomic E-state index is -2.66. The third-order valence-corrected chi connectivity index (χ3v) is 6.38. The normalized spacial score (nSPS) is 19.5. The predicted molar refractivity (Wildman–Crippen MR) is 130 cm³/mol. The van der Waals surface area contributed by atoms with E-state index in [0.717, 1.165) is 0 Å². The summed E-state index contributed by atoms with van der Waals surface area (Å²) >= 11 is 5.87. The van der Waals surface area contributed by atoms with E-state index in [4.69, 9.17) is 31.2 Å². The Morgan fingerprint density at radius 3 is 2.59 bits per heavy atom. The van der Waals surface area contributed by atoms with E-state index in [2.05, 4.69) is 25.1 Å². The van der Waals surface area contributed by atoms with Crippen molar-refractivity contribution in [3.63, 3.8) is 0 Å². The maximum atomic E-state index is 15.0. The van der Waals surface area contributed by atoms with E-state index in [1.54, 1.807) is 19.1 Å². The number of aliphatic carboxylic acids is 2. The zero-order valence-electron chi connectivity index (χ0n) is 20.2. The van der Waals surface area contributed by atoms with Crippen molar-refractivity contribution in [3.8, 4) is 11.5 Å². The molecule has 4 N–H and O–H groups in total. The number of nitrogen functional groups attached to an aromatic ring is 1. The molecule has 3 aromatic heterocycles. The monoisotopic (exact) mass is 561 g/mol. The number of nitrogens with two attached hydrogens (primary N) is 1. The molecule has 0 radical (unpaired) electrons. The fourth-order valence-electron chi connectivity index (χ4n) is 4.27. The number of aromatic nitrogens is 6. The summed E-state index contributed by atoms with van der Waals surface area (Å²) in [6, 6.07) is 6.24. The van der Waals surface area contributed by atoms with Gasteiger partial charge >= 0.3 is 11.9 Å². The van der Waals surface area contributed by atoms with Crippen LogP contribution >= 0.6 is 11.6 Å². The summed E-state index contributed by atoms with van der Waals surface area (Å²) in [5, 5.41) is 27.3. The maximum absolute atomic E-state index is 15.0. The lowest BCUT2D eigenvalue weighted by atomic mass is 9.93. The van der Waals surface area contributed by atoms with Gasteiger partial charge in [0, 0.05) is 25.3 Å². The van der Waals surface area contributed by atoms with Gasteiger partial charge in [-0.2, -0.15) is 9.97 Å². The Hall–Kier alpha value is -4.21. The Kier molecular flexibility index (Phi) is 6.88. The SMILES string of the molecule is Cc1nnc(-c2ccc(CC(OCC3CC(F)C(n4cnc5c(N)nc(Cl)nc54)O3)(C(=O)O)C(=O)O)cc2)o1. The van der Waals surface area contributed by atoms with Gasteiger partial charge in [0.05, 0.1) is 19.0 Å². The summed E-state index contributed by atoms with van der Waals surface area (Å²) in [6.07, 6.45) is -3.21. The average Bonchev–Trinajstić information content (AvgIpc) is 3.60. The molecule has 204 valence electrons. The minimum Gasteiger partial charge on any atom is -0.479 e. The highest BCUT2D eigenvalue weighted by atomic mass is 35.5. The highest BCUT2D eigenvalue weighted by Crippen LogP contribution is 2.35. The Morgan fingerprint density at radius 1 is 1.23 bits per heavy atom. The number of benzene rings is 1. The molecule has 1 aliphatic heterocycles. The Bertz CT molecular complexity index is 1530. The van der Waals surface area contributed by atoms with E-state index in [-0.39, 0.29) is 34.6 Å². The number of ether oxygens (including phenoxy) is 2. The first-order valence-corrected chi connectivity index (χ1v) is 11.9. The molecule has 0 aliphatic carbocycles. The summed E-state index contributed by atoms with van der Waals surface area (Å²) in [6.45, 7) is 1.12. The van der Waals surface area contributed by atoms with Crippen molar-refractivity contribution >= 4 is 40.5 Å². The van der Waals surface area contributed by atoms with E-state index >= 15 is 4.39 Å². The zero-order chi connectivity index (χ0) is 27.9. The number of fused-ring (bicyclic) bond motifs is 1. The van der Waals surface area contributed by atoms with Crippen molar-refractivity contribution < 1.29 is 38.1 Å². The lowest BCUT2D eigenvalue weighted by molar-refractivity contribution is -0.188. The maximum Gasteiger partial charge on any atom is 0.348 e. The number of carboxylic acid groups (broad SMARTS) is 2. The van der Waals surface area contributed by atoms with Crippen LogP contribution in [0.15, 0.2) is 35.0 Å². The fourth-order valence-corrected chi connectivity index (χ4v) is 4.44. The number of carboxylic acids is 2. The first-order chi connectivity index (χ1) is 18.6. The molecular formula is C23H21ClFN7O7. The lowest BCUT2D eigenvalue weighted by Gasteiger charge is -2.27. The van der Waals surface area contributed by atoms with Gasteiger partial charge in [-0.1, -0.05) is 12.1 Å². The smallest absolute Gasteiger partial charge is 0.348 e. The van der Waals surface area contributed by atoms with Gasteiger partial charge in [-0.25, -0.2) is 19.0 Å². The molecule has 0 spiro atoms. The second-order valence-electron chi connectivity index (χ2n) is 8.85. The number of anilines is 1. The first-order valence-electron chi connectivity index (χ1n) is 11.5. The number of carbonyl (C=O) groups is 2. The fraction of sp³-hybridized carbons (Fsp3) is 0.348. The lowest BCUT2D eigenvalue weighted by Crippen LogP contribution is -2.52. The first kappa shape index (κ1) is 26.4.